The second-order valence-electron chi connectivity index (χ2n) is 4.84. The van der Waals surface area contributed by atoms with Crippen molar-refractivity contribution in [3.05, 3.63) is 35.4 Å². The van der Waals surface area contributed by atoms with Gasteiger partial charge in [-0.15, -0.1) is 0 Å². The molecule has 0 bridgehead atoms. The zero-order chi connectivity index (χ0) is 12.0. The molecule has 90 valence electrons. The minimum atomic E-state index is 0.451. The van der Waals surface area contributed by atoms with Crippen molar-refractivity contribution in [2.45, 2.75) is 59.0 Å². The van der Waals surface area contributed by atoms with Crippen molar-refractivity contribution in [3.8, 4) is 0 Å². The molecule has 0 spiro atoms. The fourth-order valence-electron chi connectivity index (χ4n) is 1.97. The van der Waals surface area contributed by atoms with E-state index in [1.807, 2.05) is 0 Å². The SMILES string of the molecule is CCCCC(C)N[C@H](C)c1ccc(C)cc1. The van der Waals surface area contributed by atoms with Gasteiger partial charge in [-0.2, -0.15) is 0 Å². The largest absolute Gasteiger partial charge is 0.308 e. The first-order valence-electron chi connectivity index (χ1n) is 6.46. The highest BCUT2D eigenvalue weighted by Crippen LogP contribution is 2.14. The van der Waals surface area contributed by atoms with Crippen molar-refractivity contribution in [2.24, 2.45) is 0 Å². The molecule has 0 aliphatic carbocycles. The number of rotatable bonds is 6. The van der Waals surface area contributed by atoms with E-state index < -0.39 is 0 Å². The summed E-state index contributed by atoms with van der Waals surface area (Å²) < 4.78 is 0. The first-order valence-corrected chi connectivity index (χ1v) is 6.46. The van der Waals surface area contributed by atoms with E-state index in [9.17, 15) is 0 Å². The minimum Gasteiger partial charge on any atom is -0.308 e. The average Bonchev–Trinajstić information content (AvgIpc) is 2.27. The fourth-order valence-corrected chi connectivity index (χ4v) is 1.97. The molecule has 1 N–H and O–H groups in total. The van der Waals surface area contributed by atoms with Gasteiger partial charge in [0.15, 0.2) is 0 Å². The molecule has 0 fully saturated rings. The van der Waals surface area contributed by atoms with E-state index in [4.69, 9.17) is 0 Å². The third kappa shape index (κ3) is 4.36. The molecule has 0 aliphatic heterocycles. The lowest BCUT2D eigenvalue weighted by Crippen LogP contribution is -2.28. The minimum absolute atomic E-state index is 0.451. The second-order valence-corrected chi connectivity index (χ2v) is 4.84. The van der Waals surface area contributed by atoms with Crippen molar-refractivity contribution in [2.75, 3.05) is 0 Å². The van der Waals surface area contributed by atoms with Crippen LogP contribution in [0.25, 0.3) is 0 Å². The van der Waals surface area contributed by atoms with E-state index in [1.165, 1.54) is 30.4 Å². The number of nitrogens with one attached hydrogen (secondary N) is 1. The number of hydrogen-bond acceptors (Lipinski definition) is 1. The molecule has 1 aromatic carbocycles. The highest BCUT2D eigenvalue weighted by atomic mass is 14.9. The topological polar surface area (TPSA) is 12.0 Å². The van der Waals surface area contributed by atoms with Gasteiger partial charge in [-0.1, -0.05) is 49.6 Å². The predicted molar refractivity (Wildman–Crippen MR) is 71.7 cm³/mol. The van der Waals surface area contributed by atoms with Crippen molar-refractivity contribution in [1.82, 2.24) is 5.32 Å². The molecule has 1 unspecified atom stereocenters. The highest BCUT2D eigenvalue weighted by molar-refractivity contribution is 5.23. The lowest BCUT2D eigenvalue weighted by atomic mass is 10.0. The molecular formula is C15H25N. The Kier molecular flexibility index (Phi) is 5.54. The van der Waals surface area contributed by atoms with Crippen LogP contribution >= 0.6 is 0 Å². The van der Waals surface area contributed by atoms with Gasteiger partial charge < -0.3 is 5.32 Å². The summed E-state index contributed by atoms with van der Waals surface area (Å²) in [6, 6.07) is 9.87. The van der Waals surface area contributed by atoms with Crippen LogP contribution in [-0.2, 0) is 0 Å². The average molecular weight is 219 g/mol. The molecule has 0 radical (unpaired) electrons. The Hall–Kier alpha value is -0.820. The zero-order valence-electron chi connectivity index (χ0n) is 11.1. The van der Waals surface area contributed by atoms with Crippen LogP contribution in [0.4, 0.5) is 0 Å². The van der Waals surface area contributed by atoms with Crippen LogP contribution in [0.1, 0.15) is 57.2 Å². The predicted octanol–water partition coefficient (Wildman–Crippen LogP) is 4.22. The van der Waals surface area contributed by atoms with Crippen molar-refractivity contribution in [3.63, 3.8) is 0 Å². The second kappa shape index (κ2) is 6.70. The first kappa shape index (κ1) is 13.2. The quantitative estimate of drug-likeness (QED) is 0.755. The van der Waals surface area contributed by atoms with Crippen LogP contribution in [0.5, 0.6) is 0 Å². The van der Waals surface area contributed by atoms with Gasteiger partial charge in [0.25, 0.3) is 0 Å². The molecule has 1 aromatic rings. The molecule has 2 atom stereocenters. The molecule has 0 saturated heterocycles. The van der Waals surface area contributed by atoms with E-state index in [2.05, 4.69) is 57.3 Å². The number of aryl methyl sites for hydroxylation is 1. The van der Waals surface area contributed by atoms with Crippen molar-refractivity contribution >= 4 is 0 Å². The van der Waals surface area contributed by atoms with Crippen LogP contribution in [0.2, 0.25) is 0 Å². The molecule has 1 heteroatoms. The fraction of sp³-hybridized carbons (Fsp3) is 0.600. The van der Waals surface area contributed by atoms with Crippen LogP contribution < -0.4 is 5.32 Å². The van der Waals surface area contributed by atoms with E-state index in [0.29, 0.717) is 12.1 Å². The van der Waals surface area contributed by atoms with E-state index >= 15 is 0 Å². The molecule has 1 rings (SSSR count). The molecule has 0 aliphatic rings. The van der Waals surface area contributed by atoms with Gasteiger partial charge in [0.2, 0.25) is 0 Å². The van der Waals surface area contributed by atoms with Crippen LogP contribution in [0.3, 0.4) is 0 Å². The summed E-state index contributed by atoms with van der Waals surface area (Å²) in [4.78, 5) is 0. The van der Waals surface area contributed by atoms with Gasteiger partial charge in [-0.3, -0.25) is 0 Å². The monoisotopic (exact) mass is 219 g/mol. The summed E-state index contributed by atoms with van der Waals surface area (Å²) in [5.41, 5.74) is 2.71. The maximum absolute atomic E-state index is 3.65. The van der Waals surface area contributed by atoms with Crippen LogP contribution in [0, 0.1) is 6.92 Å². The standard InChI is InChI=1S/C15H25N/c1-5-6-7-13(3)16-14(4)15-10-8-12(2)9-11-15/h8-11,13-14,16H,5-7H2,1-4H3/t13?,14-/m1/s1. The summed E-state index contributed by atoms with van der Waals surface area (Å²) in [7, 11) is 0. The van der Waals surface area contributed by atoms with Gasteiger partial charge in [0.05, 0.1) is 0 Å². The Bertz CT molecular complexity index is 289. The zero-order valence-corrected chi connectivity index (χ0v) is 11.1. The van der Waals surface area contributed by atoms with Crippen molar-refractivity contribution < 1.29 is 0 Å². The third-order valence-electron chi connectivity index (χ3n) is 3.10. The third-order valence-corrected chi connectivity index (χ3v) is 3.10. The normalized spacial score (nSPS) is 14.8. The van der Waals surface area contributed by atoms with E-state index in [1.54, 1.807) is 0 Å². The molecule has 0 heterocycles. The van der Waals surface area contributed by atoms with E-state index in [0.717, 1.165) is 0 Å². The number of benzene rings is 1. The van der Waals surface area contributed by atoms with Crippen LogP contribution in [0.15, 0.2) is 24.3 Å². The van der Waals surface area contributed by atoms with Gasteiger partial charge in [0, 0.05) is 12.1 Å². The smallest absolute Gasteiger partial charge is 0.0294 e. The molecule has 0 saturated carbocycles. The molecule has 0 amide bonds. The Morgan fingerprint density at radius 3 is 2.31 bits per heavy atom. The Morgan fingerprint density at radius 1 is 1.12 bits per heavy atom. The Labute approximate surface area is 100 Å². The Balaban J connectivity index is 2.45. The van der Waals surface area contributed by atoms with Crippen molar-refractivity contribution in [1.29, 1.82) is 0 Å². The maximum atomic E-state index is 3.65. The molecule has 0 aromatic heterocycles. The van der Waals surface area contributed by atoms with Gasteiger partial charge in [-0.25, -0.2) is 0 Å². The summed E-state index contributed by atoms with van der Waals surface area (Å²) >= 11 is 0. The van der Waals surface area contributed by atoms with Gasteiger partial charge in [0.1, 0.15) is 0 Å². The first-order chi connectivity index (χ1) is 7.63. The number of unbranched alkanes of at least 4 members (excludes halogenated alkanes) is 1. The van der Waals surface area contributed by atoms with E-state index in [-0.39, 0.29) is 0 Å². The summed E-state index contributed by atoms with van der Waals surface area (Å²) in [6.45, 7) is 8.90. The number of hydrogen-bond donors (Lipinski definition) is 1. The summed E-state index contributed by atoms with van der Waals surface area (Å²) in [6.07, 6.45) is 3.87. The Morgan fingerprint density at radius 2 is 1.75 bits per heavy atom. The molecule has 16 heavy (non-hydrogen) atoms. The lowest BCUT2D eigenvalue weighted by molar-refractivity contribution is 0.444. The molecule has 1 nitrogen and oxygen atoms in total. The lowest BCUT2D eigenvalue weighted by Gasteiger charge is -2.20. The van der Waals surface area contributed by atoms with Gasteiger partial charge >= 0.3 is 0 Å². The summed E-state index contributed by atoms with van der Waals surface area (Å²) in [5, 5.41) is 3.65. The highest BCUT2D eigenvalue weighted by Gasteiger charge is 2.08. The molecular weight excluding hydrogens is 194 g/mol. The van der Waals surface area contributed by atoms with Crippen LogP contribution in [-0.4, -0.2) is 6.04 Å². The van der Waals surface area contributed by atoms with Gasteiger partial charge in [-0.05, 0) is 32.8 Å². The maximum Gasteiger partial charge on any atom is 0.0294 e. The summed E-state index contributed by atoms with van der Waals surface area (Å²) in [5.74, 6) is 0.